The molecule has 5 nitrogen and oxygen atoms in total. The Hall–Kier alpha value is -2.56. The van der Waals surface area contributed by atoms with Crippen molar-refractivity contribution in [1.82, 2.24) is 4.98 Å². The SMILES string of the molecule is COc1c(C)cccc1Oc1ccnc2c1CCC(=O)N2. The van der Waals surface area contributed by atoms with Gasteiger partial charge in [-0.05, 0) is 31.0 Å². The molecule has 1 amide bonds. The Labute approximate surface area is 122 Å². The molecule has 0 radical (unpaired) electrons. The lowest BCUT2D eigenvalue weighted by molar-refractivity contribution is -0.116. The molecule has 3 rings (SSSR count). The summed E-state index contributed by atoms with van der Waals surface area (Å²) < 4.78 is 11.4. The van der Waals surface area contributed by atoms with E-state index in [-0.39, 0.29) is 5.91 Å². The van der Waals surface area contributed by atoms with Crippen LogP contribution in [0.4, 0.5) is 5.82 Å². The van der Waals surface area contributed by atoms with Gasteiger partial charge in [-0.2, -0.15) is 0 Å². The van der Waals surface area contributed by atoms with Crippen molar-refractivity contribution in [2.75, 3.05) is 12.4 Å². The number of aromatic nitrogens is 1. The molecule has 0 unspecified atom stereocenters. The van der Waals surface area contributed by atoms with Crippen molar-refractivity contribution in [3.05, 3.63) is 41.6 Å². The maximum atomic E-state index is 11.4. The Bertz CT molecular complexity index is 698. The number of nitrogens with one attached hydrogen (secondary N) is 1. The van der Waals surface area contributed by atoms with E-state index in [4.69, 9.17) is 9.47 Å². The summed E-state index contributed by atoms with van der Waals surface area (Å²) in [5.41, 5.74) is 1.92. The van der Waals surface area contributed by atoms with E-state index in [9.17, 15) is 4.79 Å². The number of benzene rings is 1. The Morgan fingerprint density at radius 3 is 2.86 bits per heavy atom. The number of amides is 1. The minimum absolute atomic E-state index is 0.0136. The van der Waals surface area contributed by atoms with Gasteiger partial charge in [0, 0.05) is 18.2 Å². The number of aryl methyl sites for hydroxylation is 1. The van der Waals surface area contributed by atoms with E-state index in [0.717, 1.165) is 11.1 Å². The smallest absolute Gasteiger partial charge is 0.225 e. The van der Waals surface area contributed by atoms with Crippen LogP contribution in [0.3, 0.4) is 0 Å². The first-order valence-corrected chi connectivity index (χ1v) is 6.78. The molecule has 108 valence electrons. The van der Waals surface area contributed by atoms with Gasteiger partial charge in [0.25, 0.3) is 0 Å². The lowest BCUT2D eigenvalue weighted by Gasteiger charge is -2.19. The number of nitrogens with zero attached hydrogens (tertiary/aromatic N) is 1. The number of pyridine rings is 1. The minimum atomic E-state index is -0.0136. The Balaban J connectivity index is 1.98. The molecule has 0 spiro atoms. The molecule has 0 aliphatic carbocycles. The summed E-state index contributed by atoms with van der Waals surface area (Å²) in [6.07, 6.45) is 2.69. The molecule has 1 N–H and O–H groups in total. The van der Waals surface area contributed by atoms with Gasteiger partial charge in [0.15, 0.2) is 11.5 Å². The van der Waals surface area contributed by atoms with Crippen LogP contribution in [-0.4, -0.2) is 18.0 Å². The highest BCUT2D eigenvalue weighted by Gasteiger charge is 2.20. The second kappa shape index (κ2) is 5.44. The zero-order valence-corrected chi connectivity index (χ0v) is 12.0. The van der Waals surface area contributed by atoms with Crippen molar-refractivity contribution >= 4 is 11.7 Å². The van der Waals surface area contributed by atoms with Crippen LogP contribution in [0.1, 0.15) is 17.5 Å². The largest absolute Gasteiger partial charge is 0.493 e. The third-order valence-electron chi connectivity index (χ3n) is 3.47. The van der Waals surface area contributed by atoms with Gasteiger partial charge >= 0.3 is 0 Å². The van der Waals surface area contributed by atoms with Crippen molar-refractivity contribution in [2.24, 2.45) is 0 Å². The molecule has 21 heavy (non-hydrogen) atoms. The quantitative estimate of drug-likeness (QED) is 0.941. The van der Waals surface area contributed by atoms with Crippen molar-refractivity contribution in [1.29, 1.82) is 0 Å². The highest BCUT2D eigenvalue weighted by Crippen LogP contribution is 2.37. The summed E-state index contributed by atoms with van der Waals surface area (Å²) in [5.74, 6) is 2.63. The average molecular weight is 284 g/mol. The van der Waals surface area contributed by atoms with Gasteiger partial charge in [0.1, 0.15) is 11.6 Å². The molecule has 1 aliphatic heterocycles. The van der Waals surface area contributed by atoms with Crippen LogP contribution in [0.5, 0.6) is 17.2 Å². The molecule has 0 bridgehead atoms. The zero-order chi connectivity index (χ0) is 14.8. The molecular formula is C16H16N2O3. The monoisotopic (exact) mass is 284 g/mol. The fourth-order valence-electron chi connectivity index (χ4n) is 2.44. The summed E-state index contributed by atoms with van der Waals surface area (Å²) in [4.78, 5) is 15.6. The van der Waals surface area contributed by atoms with E-state index in [2.05, 4.69) is 10.3 Å². The summed E-state index contributed by atoms with van der Waals surface area (Å²) in [6.45, 7) is 1.97. The van der Waals surface area contributed by atoms with Gasteiger partial charge < -0.3 is 14.8 Å². The van der Waals surface area contributed by atoms with Crippen molar-refractivity contribution < 1.29 is 14.3 Å². The van der Waals surface area contributed by atoms with Gasteiger partial charge in [-0.3, -0.25) is 4.79 Å². The second-order valence-electron chi connectivity index (χ2n) is 4.89. The van der Waals surface area contributed by atoms with Crippen LogP contribution in [0.2, 0.25) is 0 Å². The highest BCUT2D eigenvalue weighted by atomic mass is 16.5. The molecule has 0 atom stereocenters. The molecule has 2 heterocycles. The van der Waals surface area contributed by atoms with Crippen LogP contribution in [0.25, 0.3) is 0 Å². The van der Waals surface area contributed by atoms with Crippen LogP contribution in [-0.2, 0) is 11.2 Å². The van der Waals surface area contributed by atoms with Gasteiger partial charge in [0.05, 0.1) is 7.11 Å². The number of carbonyl (C=O) groups excluding carboxylic acids is 1. The van der Waals surface area contributed by atoms with Crippen molar-refractivity contribution in [3.63, 3.8) is 0 Å². The predicted octanol–water partition coefficient (Wildman–Crippen LogP) is 3.08. The lowest BCUT2D eigenvalue weighted by atomic mass is 10.1. The van der Waals surface area contributed by atoms with E-state index in [1.807, 2.05) is 25.1 Å². The number of ether oxygens (including phenoxy) is 2. The third kappa shape index (κ3) is 2.54. The number of anilines is 1. The fraction of sp³-hybridized carbons (Fsp3) is 0.250. The van der Waals surface area contributed by atoms with E-state index in [0.29, 0.717) is 35.9 Å². The summed E-state index contributed by atoms with van der Waals surface area (Å²) in [7, 11) is 1.62. The standard InChI is InChI=1S/C16H16N2O3/c1-10-4-3-5-13(15(10)20-2)21-12-8-9-17-16-11(12)6-7-14(19)18-16/h3-5,8-9H,6-7H2,1-2H3,(H,17,18,19). The minimum Gasteiger partial charge on any atom is -0.493 e. The number of methoxy groups -OCH3 is 1. The van der Waals surface area contributed by atoms with Gasteiger partial charge in [-0.15, -0.1) is 0 Å². The maximum Gasteiger partial charge on any atom is 0.225 e. The van der Waals surface area contributed by atoms with Crippen molar-refractivity contribution in [2.45, 2.75) is 19.8 Å². The summed E-state index contributed by atoms with van der Waals surface area (Å²) in [5, 5.41) is 2.76. The number of fused-ring (bicyclic) bond motifs is 1. The predicted molar refractivity (Wildman–Crippen MR) is 79.0 cm³/mol. The van der Waals surface area contributed by atoms with E-state index >= 15 is 0 Å². The molecule has 0 saturated heterocycles. The normalized spacial score (nSPS) is 13.3. The van der Waals surface area contributed by atoms with E-state index < -0.39 is 0 Å². The lowest BCUT2D eigenvalue weighted by Crippen LogP contribution is -2.20. The topological polar surface area (TPSA) is 60.5 Å². The molecule has 1 aromatic heterocycles. The first-order valence-electron chi connectivity index (χ1n) is 6.78. The fourth-order valence-corrected chi connectivity index (χ4v) is 2.44. The second-order valence-corrected chi connectivity index (χ2v) is 4.89. The molecule has 0 fully saturated rings. The maximum absolute atomic E-state index is 11.4. The first-order chi connectivity index (χ1) is 10.2. The van der Waals surface area contributed by atoms with Gasteiger partial charge in [-0.1, -0.05) is 12.1 Å². The average Bonchev–Trinajstić information content (AvgIpc) is 2.47. The number of para-hydroxylation sites is 1. The zero-order valence-electron chi connectivity index (χ0n) is 12.0. The van der Waals surface area contributed by atoms with E-state index in [1.165, 1.54) is 0 Å². The Morgan fingerprint density at radius 1 is 1.19 bits per heavy atom. The highest BCUT2D eigenvalue weighted by molar-refractivity contribution is 5.93. The molecule has 2 aromatic rings. The molecule has 0 saturated carbocycles. The van der Waals surface area contributed by atoms with Gasteiger partial charge in [-0.25, -0.2) is 4.98 Å². The first kappa shape index (κ1) is 13.4. The van der Waals surface area contributed by atoms with Gasteiger partial charge in [0.2, 0.25) is 5.91 Å². The Morgan fingerprint density at radius 2 is 2.05 bits per heavy atom. The molecule has 1 aliphatic rings. The number of hydrogen-bond acceptors (Lipinski definition) is 4. The van der Waals surface area contributed by atoms with E-state index in [1.54, 1.807) is 19.4 Å². The number of rotatable bonds is 3. The summed E-state index contributed by atoms with van der Waals surface area (Å²) >= 11 is 0. The molecule has 1 aromatic carbocycles. The Kier molecular flexibility index (Phi) is 3.48. The molecule has 5 heteroatoms. The summed E-state index contributed by atoms with van der Waals surface area (Å²) in [6, 6.07) is 7.55. The van der Waals surface area contributed by atoms with Crippen LogP contribution in [0.15, 0.2) is 30.5 Å². The van der Waals surface area contributed by atoms with Crippen LogP contribution < -0.4 is 14.8 Å². The van der Waals surface area contributed by atoms with Crippen molar-refractivity contribution in [3.8, 4) is 17.2 Å². The molecular weight excluding hydrogens is 268 g/mol. The number of carbonyl (C=O) groups is 1. The number of hydrogen-bond donors (Lipinski definition) is 1. The van der Waals surface area contributed by atoms with Crippen LogP contribution >= 0.6 is 0 Å². The van der Waals surface area contributed by atoms with Crippen LogP contribution in [0, 0.1) is 6.92 Å². The third-order valence-corrected chi connectivity index (χ3v) is 3.47.